The second-order valence-electron chi connectivity index (χ2n) is 4.58. The van der Waals surface area contributed by atoms with Crippen molar-refractivity contribution in [1.82, 2.24) is 10.9 Å². The summed E-state index contributed by atoms with van der Waals surface area (Å²) < 4.78 is 0. The number of nitrogens with two attached hydrogens (primary N) is 2. The highest BCUT2D eigenvalue weighted by Gasteiger charge is 2.27. The molecule has 6 N–H and O–H groups in total. The maximum Gasteiger partial charge on any atom is 0.184 e. The Labute approximate surface area is 137 Å². The minimum absolute atomic E-state index is 0.0808. The van der Waals surface area contributed by atoms with Crippen molar-refractivity contribution in [3.63, 3.8) is 0 Å². The van der Waals surface area contributed by atoms with E-state index in [4.69, 9.17) is 35.9 Å². The molecule has 1 aliphatic rings. The lowest BCUT2D eigenvalue weighted by Gasteiger charge is -2.04. The molecule has 0 aromatic heterocycles. The SMILES string of the molecule is NC(=S)N/N=C1\C(=N\NC(N)=S)c2cccc3cccc1c23. The summed E-state index contributed by atoms with van der Waals surface area (Å²) in [5, 5.41) is 10.9. The van der Waals surface area contributed by atoms with Crippen LogP contribution in [0.1, 0.15) is 11.1 Å². The Balaban J connectivity index is 2.22. The molecule has 3 rings (SSSR count). The van der Waals surface area contributed by atoms with E-state index >= 15 is 0 Å². The summed E-state index contributed by atoms with van der Waals surface area (Å²) in [6.45, 7) is 0. The molecule has 0 aliphatic heterocycles. The molecule has 2 aromatic carbocycles. The summed E-state index contributed by atoms with van der Waals surface area (Å²) in [7, 11) is 0. The van der Waals surface area contributed by atoms with Gasteiger partial charge in [-0.15, -0.1) is 0 Å². The highest BCUT2D eigenvalue weighted by Crippen LogP contribution is 2.31. The molecule has 0 saturated heterocycles. The van der Waals surface area contributed by atoms with Gasteiger partial charge < -0.3 is 11.5 Å². The van der Waals surface area contributed by atoms with Gasteiger partial charge in [0.1, 0.15) is 11.4 Å². The predicted octanol–water partition coefficient (Wildman–Crippen LogP) is 0.928. The first-order chi connectivity index (χ1) is 10.6. The second-order valence-corrected chi connectivity index (χ2v) is 5.46. The Hall–Kier alpha value is -2.58. The van der Waals surface area contributed by atoms with Gasteiger partial charge in [-0.25, -0.2) is 0 Å². The van der Waals surface area contributed by atoms with Crippen molar-refractivity contribution in [3.05, 3.63) is 47.5 Å². The van der Waals surface area contributed by atoms with Crippen LogP contribution in [0.15, 0.2) is 46.6 Å². The molecular weight excluding hydrogens is 316 g/mol. The van der Waals surface area contributed by atoms with E-state index in [0.717, 1.165) is 21.9 Å². The number of rotatable bonds is 2. The van der Waals surface area contributed by atoms with Crippen molar-refractivity contribution in [2.24, 2.45) is 21.7 Å². The van der Waals surface area contributed by atoms with Gasteiger partial charge in [0.25, 0.3) is 0 Å². The Kier molecular flexibility index (Phi) is 3.70. The zero-order chi connectivity index (χ0) is 15.7. The van der Waals surface area contributed by atoms with Gasteiger partial charge in [0.15, 0.2) is 10.2 Å². The first-order valence-electron chi connectivity index (χ1n) is 6.37. The van der Waals surface area contributed by atoms with Crippen LogP contribution in [-0.2, 0) is 0 Å². The first kappa shape index (κ1) is 14.4. The molecule has 22 heavy (non-hydrogen) atoms. The Morgan fingerprint density at radius 3 is 1.68 bits per heavy atom. The Bertz CT molecular complexity index is 789. The fourth-order valence-electron chi connectivity index (χ4n) is 2.44. The summed E-state index contributed by atoms with van der Waals surface area (Å²) in [5.74, 6) is 0. The first-order valence-corrected chi connectivity index (χ1v) is 7.18. The number of nitrogens with zero attached hydrogens (tertiary/aromatic N) is 2. The van der Waals surface area contributed by atoms with Crippen molar-refractivity contribution >= 4 is 56.9 Å². The summed E-state index contributed by atoms with van der Waals surface area (Å²) in [4.78, 5) is 0. The molecule has 0 fully saturated rings. The van der Waals surface area contributed by atoms with Crippen molar-refractivity contribution in [2.75, 3.05) is 0 Å². The minimum atomic E-state index is 0.0808. The molecule has 2 aromatic rings. The third kappa shape index (κ3) is 2.49. The van der Waals surface area contributed by atoms with Crippen LogP contribution in [0.4, 0.5) is 0 Å². The lowest BCUT2D eigenvalue weighted by molar-refractivity contribution is 1.02. The maximum atomic E-state index is 5.46. The number of hydrogen-bond donors (Lipinski definition) is 4. The van der Waals surface area contributed by atoms with E-state index in [2.05, 4.69) is 21.1 Å². The van der Waals surface area contributed by atoms with E-state index in [1.165, 1.54) is 0 Å². The van der Waals surface area contributed by atoms with Gasteiger partial charge in [0.2, 0.25) is 0 Å². The molecule has 0 saturated carbocycles. The zero-order valence-electron chi connectivity index (χ0n) is 11.3. The highest BCUT2D eigenvalue weighted by atomic mass is 32.1. The average Bonchev–Trinajstić information content (AvgIpc) is 2.79. The van der Waals surface area contributed by atoms with Gasteiger partial charge in [-0.2, -0.15) is 10.2 Å². The zero-order valence-corrected chi connectivity index (χ0v) is 13.0. The van der Waals surface area contributed by atoms with E-state index in [1.807, 2.05) is 36.4 Å². The summed E-state index contributed by atoms with van der Waals surface area (Å²) in [6, 6.07) is 11.9. The van der Waals surface area contributed by atoms with Crippen LogP contribution in [0.2, 0.25) is 0 Å². The molecule has 0 bridgehead atoms. The van der Waals surface area contributed by atoms with Crippen molar-refractivity contribution in [3.8, 4) is 0 Å². The van der Waals surface area contributed by atoms with Crippen LogP contribution in [0.5, 0.6) is 0 Å². The van der Waals surface area contributed by atoms with Crippen molar-refractivity contribution < 1.29 is 0 Å². The molecule has 0 amide bonds. The summed E-state index contributed by atoms with van der Waals surface area (Å²) >= 11 is 9.61. The standard InChI is InChI=1S/C14H12N6S2/c15-13(21)19-17-11-8-5-1-3-7-4-2-6-9(10(7)8)12(11)18-20-14(16)22/h1-6H,(H3,15,19,21)(H3,16,20,22)/b17-11-,18-12+. The van der Waals surface area contributed by atoms with Crippen molar-refractivity contribution in [1.29, 1.82) is 0 Å². The molecule has 0 spiro atoms. The molecule has 0 heterocycles. The summed E-state index contributed by atoms with van der Waals surface area (Å²) in [6.07, 6.45) is 0. The number of thiocarbonyl (C=S) groups is 2. The second kappa shape index (κ2) is 5.66. The Morgan fingerprint density at radius 2 is 1.27 bits per heavy atom. The van der Waals surface area contributed by atoms with Crippen LogP contribution >= 0.6 is 24.4 Å². The van der Waals surface area contributed by atoms with Gasteiger partial charge in [-0.1, -0.05) is 36.4 Å². The molecular formula is C14H12N6S2. The number of hydrogen-bond acceptors (Lipinski definition) is 4. The molecule has 0 atom stereocenters. The molecule has 6 nitrogen and oxygen atoms in total. The minimum Gasteiger partial charge on any atom is -0.375 e. The molecule has 0 unspecified atom stereocenters. The smallest absolute Gasteiger partial charge is 0.184 e. The monoisotopic (exact) mass is 328 g/mol. The maximum absolute atomic E-state index is 5.46. The third-order valence-corrected chi connectivity index (χ3v) is 3.38. The van der Waals surface area contributed by atoms with Gasteiger partial charge in [-0.05, 0) is 29.8 Å². The third-order valence-electron chi connectivity index (χ3n) is 3.20. The molecule has 0 radical (unpaired) electrons. The van der Waals surface area contributed by atoms with Gasteiger partial charge in [0.05, 0.1) is 0 Å². The summed E-state index contributed by atoms with van der Waals surface area (Å²) in [5.41, 5.74) is 19.3. The number of nitrogens with one attached hydrogen (secondary N) is 2. The topological polar surface area (TPSA) is 101 Å². The van der Waals surface area contributed by atoms with Crippen molar-refractivity contribution in [2.45, 2.75) is 0 Å². The number of hydrazone groups is 2. The van der Waals surface area contributed by atoms with Crippen LogP contribution < -0.4 is 22.3 Å². The van der Waals surface area contributed by atoms with Crippen LogP contribution in [-0.4, -0.2) is 21.6 Å². The predicted molar refractivity (Wildman–Crippen MR) is 96.9 cm³/mol. The van der Waals surface area contributed by atoms with E-state index in [9.17, 15) is 0 Å². The van der Waals surface area contributed by atoms with Crippen LogP contribution in [0.25, 0.3) is 10.8 Å². The highest BCUT2D eigenvalue weighted by molar-refractivity contribution is 7.80. The van der Waals surface area contributed by atoms with Gasteiger partial charge >= 0.3 is 0 Å². The van der Waals surface area contributed by atoms with E-state index in [0.29, 0.717) is 11.4 Å². The lowest BCUT2D eigenvalue weighted by atomic mass is 10.1. The van der Waals surface area contributed by atoms with Crippen LogP contribution in [0, 0.1) is 0 Å². The van der Waals surface area contributed by atoms with Crippen LogP contribution in [0.3, 0.4) is 0 Å². The molecule has 8 heteroatoms. The van der Waals surface area contributed by atoms with E-state index in [1.54, 1.807) is 0 Å². The fourth-order valence-corrected chi connectivity index (χ4v) is 2.53. The number of benzene rings is 2. The quantitative estimate of drug-likeness (QED) is 0.483. The largest absolute Gasteiger partial charge is 0.375 e. The van der Waals surface area contributed by atoms with E-state index in [-0.39, 0.29) is 10.2 Å². The fraction of sp³-hybridized carbons (Fsp3) is 0. The molecule has 110 valence electrons. The average molecular weight is 328 g/mol. The Morgan fingerprint density at radius 1 is 0.818 bits per heavy atom. The molecule has 1 aliphatic carbocycles. The lowest BCUT2D eigenvalue weighted by Crippen LogP contribution is -2.29. The van der Waals surface area contributed by atoms with Gasteiger partial charge in [-0.3, -0.25) is 10.9 Å². The normalized spacial score (nSPS) is 16.2. The van der Waals surface area contributed by atoms with Gasteiger partial charge in [0, 0.05) is 16.5 Å². The van der Waals surface area contributed by atoms with E-state index < -0.39 is 0 Å².